The molecule has 108 valence electrons. The molecule has 8 heteroatoms. The largest absolute Gasteiger partial charge is 0.477 e. The van der Waals surface area contributed by atoms with Crippen LogP contribution in [0, 0.1) is 17.0 Å². The van der Waals surface area contributed by atoms with E-state index in [1.54, 1.807) is 19.9 Å². The number of hydrogen-bond donors (Lipinski definition) is 2. The van der Waals surface area contributed by atoms with Crippen LogP contribution in [0.15, 0.2) is 18.2 Å². The number of urea groups is 1. The summed E-state index contributed by atoms with van der Waals surface area (Å²) in [6.07, 6.45) is 0. The Morgan fingerprint density at radius 2 is 2.10 bits per heavy atom. The molecule has 3 amide bonds. The smallest absolute Gasteiger partial charge is 0.321 e. The summed E-state index contributed by atoms with van der Waals surface area (Å²) in [5, 5.41) is 15.2. The second-order valence-corrected chi connectivity index (χ2v) is 3.92. The molecule has 2 N–H and O–H groups in total. The molecule has 0 saturated carbocycles. The van der Waals surface area contributed by atoms with Crippen molar-refractivity contribution in [3.63, 3.8) is 0 Å². The van der Waals surface area contributed by atoms with E-state index in [1.165, 1.54) is 12.1 Å². The highest BCUT2D eigenvalue weighted by atomic mass is 16.6. The van der Waals surface area contributed by atoms with Crippen LogP contribution < -0.4 is 15.4 Å². The molecule has 0 heterocycles. The molecule has 0 aliphatic heterocycles. The van der Waals surface area contributed by atoms with Crippen molar-refractivity contribution in [3.05, 3.63) is 33.9 Å². The van der Waals surface area contributed by atoms with Crippen molar-refractivity contribution in [1.82, 2.24) is 10.6 Å². The van der Waals surface area contributed by atoms with Crippen molar-refractivity contribution in [1.29, 1.82) is 0 Å². The highest BCUT2D eigenvalue weighted by Crippen LogP contribution is 2.27. The number of nitrogens with one attached hydrogen (secondary N) is 2. The summed E-state index contributed by atoms with van der Waals surface area (Å²) < 4.78 is 5.06. The van der Waals surface area contributed by atoms with Crippen LogP contribution in [0.1, 0.15) is 12.5 Å². The van der Waals surface area contributed by atoms with E-state index in [0.717, 1.165) is 0 Å². The molecule has 0 aromatic heterocycles. The number of nitro groups is 1. The molecule has 0 atom stereocenters. The Morgan fingerprint density at radius 3 is 2.70 bits per heavy atom. The second kappa shape index (κ2) is 7.07. The number of carbonyl (C=O) groups excluding carboxylic acids is 2. The zero-order valence-electron chi connectivity index (χ0n) is 11.1. The van der Waals surface area contributed by atoms with Gasteiger partial charge in [-0.1, -0.05) is 6.07 Å². The van der Waals surface area contributed by atoms with Crippen molar-refractivity contribution in [3.8, 4) is 5.75 Å². The zero-order valence-corrected chi connectivity index (χ0v) is 11.1. The van der Waals surface area contributed by atoms with Crippen molar-refractivity contribution < 1.29 is 19.2 Å². The van der Waals surface area contributed by atoms with Gasteiger partial charge in [0.2, 0.25) is 0 Å². The summed E-state index contributed by atoms with van der Waals surface area (Å²) in [5.74, 6) is -0.711. The van der Waals surface area contributed by atoms with Crippen LogP contribution in [-0.4, -0.2) is 30.0 Å². The average molecular weight is 281 g/mol. The molecule has 0 fully saturated rings. The lowest BCUT2D eigenvalue weighted by Gasteiger charge is -2.07. The Hall–Kier alpha value is -2.64. The van der Waals surface area contributed by atoms with Crippen LogP contribution in [0.2, 0.25) is 0 Å². The Balaban J connectivity index is 2.64. The molecule has 1 aromatic rings. The maximum atomic E-state index is 11.4. The average Bonchev–Trinajstić information content (AvgIpc) is 2.37. The Kier molecular flexibility index (Phi) is 5.45. The van der Waals surface area contributed by atoms with Gasteiger partial charge in [-0.05, 0) is 25.5 Å². The van der Waals surface area contributed by atoms with Gasteiger partial charge in [-0.3, -0.25) is 20.2 Å². The first-order valence-electron chi connectivity index (χ1n) is 5.89. The van der Waals surface area contributed by atoms with E-state index in [4.69, 9.17) is 4.74 Å². The highest BCUT2D eigenvalue weighted by Gasteiger charge is 2.16. The lowest BCUT2D eigenvalue weighted by atomic mass is 10.2. The lowest BCUT2D eigenvalue weighted by Crippen LogP contribution is -2.41. The molecule has 1 aromatic carbocycles. The number of benzene rings is 1. The summed E-state index contributed by atoms with van der Waals surface area (Å²) in [6, 6.07) is 3.74. The van der Waals surface area contributed by atoms with Gasteiger partial charge in [0.05, 0.1) is 4.92 Å². The summed E-state index contributed by atoms with van der Waals surface area (Å²) in [4.78, 5) is 32.7. The van der Waals surface area contributed by atoms with Crippen LogP contribution in [0.5, 0.6) is 5.75 Å². The predicted octanol–water partition coefficient (Wildman–Crippen LogP) is 1.13. The quantitative estimate of drug-likeness (QED) is 0.620. The fourth-order valence-electron chi connectivity index (χ4n) is 1.40. The normalized spacial score (nSPS) is 9.70. The van der Waals surface area contributed by atoms with Crippen LogP contribution in [0.4, 0.5) is 10.5 Å². The molecule has 0 radical (unpaired) electrons. The fourth-order valence-corrected chi connectivity index (χ4v) is 1.40. The van der Waals surface area contributed by atoms with E-state index in [0.29, 0.717) is 12.1 Å². The number of ether oxygens (including phenoxy) is 1. The summed E-state index contributed by atoms with van der Waals surface area (Å²) in [7, 11) is 0. The van der Waals surface area contributed by atoms with Gasteiger partial charge in [-0.25, -0.2) is 4.79 Å². The molecule has 1 rings (SSSR count). The first-order valence-corrected chi connectivity index (χ1v) is 5.89. The van der Waals surface area contributed by atoms with Gasteiger partial charge in [-0.15, -0.1) is 0 Å². The van der Waals surface area contributed by atoms with Gasteiger partial charge in [0.25, 0.3) is 5.91 Å². The molecule has 0 bridgehead atoms. The van der Waals surface area contributed by atoms with Crippen LogP contribution >= 0.6 is 0 Å². The molecular formula is C12H15N3O5. The molecule has 0 saturated heterocycles. The van der Waals surface area contributed by atoms with E-state index in [9.17, 15) is 19.7 Å². The van der Waals surface area contributed by atoms with E-state index < -0.39 is 23.5 Å². The minimum atomic E-state index is -0.689. The van der Waals surface area contributed by atoms with Crippen molar-refractivity contribution in [2.24, 2.45) is 0 Å². The predicted molar refractivity (Wildman–Crippen MR) is 70.5 cm³/mol. The van der Waals surface area contributed by atoms with E-state index in [-0.39, 0.29) is 11.4 Å². The number of imide groups is 1. The first-order chi connectivity index (χ1) is 9.43. The highest BCUT2D eigenvalue weighted by molar-refractivity contribution is 5.95. The number of aryl methyl sites for hydroxylation is 1. The fraction of sp³-hybridized carbons (Fsp3) is 0.333. The van der Waals surface area contributed by atoms with Crippen LogP contribution in [0.3, 0.4) is 0 Å². The summed E-state index contributed by atoms with van der Waals surface area (Å²) in [5.41, 5.74) is 0.478. The van der Waals surface area contributed by atoms with Gasteiger partial charge in [0.15, 0.2) is 12.4 Å². The van der Waals surface area contributed by atoms with E-state index in [2.05, 4.69) is 5.32 Å². The lowest BCUT2D eigenvalue weighted by molar-refractivity contribution is -0.385. The zero-order chi connectivity index (χ0) is 15.1. The Labute approximate surface area is 115 Å². The van der Waals surface area contributed by atoms with Gasteiger partial charge < -0.3 is 10.1 Å². The van der Waals surface area contributed by atoms with E-state index in [1.807, 2.05) is 5.32 Å². The molecule has 0 unspecified atom stereocenters. The van der Waals surface area contributed by atoms with Crippen molar-refractivity contribution in [2.75, 3.05) is 13.2 Å². The first kappa shape index (κ1) is 15.4. The number of carbonyl (C=O) groups is 2. The SMILES string of the molecule is CCNC(=O)NC(=O)COc1ccc(C)cc1[N+](=O)[O-]. The molecular weight excluding hydrogens is 266 g/mol. The van der Waals surface area contributed by atoms with Crippen molar-refractivity contribution >= 4 is 17.6 Å². The Bertz CT molecular complexity index is 530. The van der Waals surface area contributed by atoms with Crippen molar-refractivity contribution in [2.45, 2.75) is 13.8 Å². The number of nitrogens with zero attached hydrogens (tertiary/aromatic N) is 1. The maximum Gasteiger partial charge on any atom is 0.321 e. The minimum absolute atomic E-state index is 0.0216. The van der Waals surface area contributed by atoms with Gasteiger partial charge in [-0.2, -0.15) is 0 Å². The molecule has 0 aliphatic carbocycles. The topological polar surface area (TPSA) is 111 Å². The van der Waals surface area contributed by atoms with Gasteiger partial charge in [0.1, 0.15) is 0 Å². The number of rotatable bonds is 5. The maximum absolute atomic E-state index is 11.4. The van der Waals surface area contributed by atoms with Gasteiger partial charge >= 0.3 is 11.7 Å². The standard InChI is InChI=1S/C12H15N3O5/c1-3-13-12(17)14-11(16)7-20-10-5-4-8(2)6-9(10)15(18)19/h4-6H,3,7H2,1-2H3,(H2,13,14,16,17). The third-order valence-electron chi connectivity index (χ3n) is 2.26. The molecule has 0 spiro atoms. The van der Waals surface area contributed by atoms with Gasteiger partial charge in [0, 0.05) is 12.6 Å². The van der Waals surface area contributed by atoms with Crippen LogP contribution in [-0.2, 0) is 4.79 Å². The third kappa shape index (κ3) is 4.56. The minimum Gasteiger partial charge on any atom is -0.477 e. The van der Waals surface area contributed by atoms with Crippen LogP contribution in [0.25, 0.3) is 0 Å². The summed E-state index contributed by atoms with van der Waals surface area (Å²) in [6.45, 7) is 3.30. The third-order valence-corrected chi connectivity index (χ3v) is 2.26. The number of hydrogen-bond acceptors (Lipinski definition) is 5. The molecule has 0 aliphatic rings. The molecule has 20 heavy (non-hydrogen) atoms. The Morgan fingerprint density at radius 1 is 1.40 bits per heavy atom. The summed E-state index contributed by atoms with van der Waals surface area (Å²) >= 11 is 0. The number of amides is 3. The number of nitro benzene ring substituents is 1. The van der Waals surface area contributed by atoms with E-state index >= 15 is 0 Å². The molecule has 8 nitrogen and oxygen atoms in total. The monoisotopic (exact) mass is 281 g/mol. The second-order valence-electron chi connectivity index (χ2n) is 3.92.